The van der Waals surface area contributed by atoms with Crippen molar-refractivity contribution in [3.05, 3.63) is 64.9 Å². The van der Waals surface area contributed by atoms with Gasteiger partial charge in [0.25, 0.3) is 5.91 Å². The Kier molecular flexibility index (Phi) is 8.04. The molecule has 0 saturated heterocycles. The molecule has 15 nitrogen and oxygen atoms in total. The van der Waals surface area contributed by atoms with E-state index < -0.39 is 17.8 Å². The van der Waals surface area contributed by atoms with E-state index >= 15 is 0 Å². The molecule has 5 N–H and O–H groups in total. The van der Waals surface area contributed by atoms with Crippen LogP contribution in [-0.4, -0.2) is 62.2 Å². The third-order valence-electron chi connectivity index (χ3n) is 7.47. The number of methoxy groups -OCH3 is 1. The molecule has 4 heterocycles. The first-order chi connectivity index (χ1) is 22.2. The molecule has 46 heavy (non-hydrogen) atoms. The zero-order chi connectivity index (χ0) is 32.5. The summed E-state index contributed by atoms with van der Waals surface area (Å²) in [5.74, 6) is -0.0487. The highest BCUT2D eigenvalue weighted by atomic mass is 16.5. The first-order valence-corrected chi connectivity index (χ1v) is 14.6. The van der Waals surface area contributed by atoms with Gasteiger partial charge in [-0.2, -0.15) is 0 Å². The number of hydrogen-bond donors (Lipinski definition) is 3. The third kappa shape index (κ3) is 5.58. The lowest BCUT2D eigenvalue weighted by Gasteiger charge is -2.13. The maximum atomic E-state index is 13.4. The number of imidazole rings is 2. The Bertz CT molecular complexity index is 2040. The van der Waals surface area contributed by atoms with E-state index in [0.29, 0.717) is 64.5 Å². The van der Waals surface area contributed by atoms with E-state index in [0.717, 1.165) is 0 Å². The minimum absolute atomic E-state index is 0.0930. The summed E-state index contributed by atoms with van der Waals surface area (Å²) in [7, 11) is 1.30. The van der Waals surface area contributed by atoms with Gasteiger partial charge >= 0.3 is 5.97 Å². The number of primary amides is 1. The number of oxazole rings is 1. The first kappa shape index (κ1) is 30.2. The average molecular weight is 629 g/mol. The van der Waals surface area contributed by atoms with E-state index in [1.165, 1.54) is 7.11 Å². The SMILES string of the molecule is CCc1nc(C)oc1C(=O)Nc1nc2cc(C(N)=O)cc3c2n1C/C=C/Cn1c(N)nc2cc(C(=O)OC)cc(c21)OCCCO3. The van der Waals surface area contributed by atoms with Crippen molar-refractivity contribution in [1.29, 1.82) is 0 Å². The van der Waals surface area contributed by atoms with Crippen molar-refractivity contribution in [2.24, 2.45) is 5.73 Å². The molecule has 0 bridgehead atoms. The fourth-order valence-electron chi connectivity index (χ4n) is 5.36. The number of carbonyl (C=O) groups excluding carboxylic acids is 3. The number of benzene rings is 2. The minimum atomic E-state index is -0.659. The normalized spacial score (nSPS) is 14.2. The molecule has 2 aromatic carbocycles. The van der Waals surface area contributed by atoms with E-state index in [2.05, 4.69) is 20.3 Å². The second-order valence-corrected chi connectivity index (χ2v) is 10.5. The van der Waals surface area contributed by atoms with Crippen LogP contribution in [0.25, 0.3) is 22.1 Å². The fourth-order valence-corrected chi connectivity index (χ4v) is 5.36. The van der Waals surface area contributed by atoms with E-state index in [1.807, 2.05) is 19.1 Å². The summed E-state index contributed by atoms with van der Waals surface area (Å²) in [4.78, 5) is 51.3. The Balaban J connectivity index is 1.43. The van der Waals surface area contributed by atoms with Gasteiger partial charge in [-0.25, -0.2) is 19.7 Å². The summed E-state index contributed by atoms with van der Waals surface area (Å²) in [6.45, 7) is 4.52. The molecule has 0 spiro atoms. The lowest BCUT2D eigenvalue weighted by atomic mass is 10.1. The number of allylic oxidation sites excluding steroid dienone is 2. The van der Waals surface area contributed by atoms with Crippen LogP contribution in [-0.2, 0) is 24.2 Å². The predicted octanol–water partition coefficient (Wildman–Crippen LogP) is 3.38. The molecule has 3 aromatic heterocycles. The summed E-state index contributed by atoms with van der Waals surface area (Å²) in [5.41, 5.74) is 15.0. The molecule has 15 heteroatoms. The number of nitrogens with one attached hydrogen (secondary N) is 1. The number of amides is 2. The molecule has 1 aliphatic heterocycles. The lowest BCUT2D eigenvalue weighted by Crippen LogP contribution is -2.17. The smallest absolute Gasteiger partial charge is 0.338 e. The van der Waals surface area contributed by atoms with Gasteiger partial charge in [0.05, 0.1) is 42.6 Å². The van der Waals surface area contributed by atoms with Crippen LogP contribution in [0.3, 0.4) is 0 Å². The lowest BCUT2D eigenvalue weighted by molar-refractivity contribution is 0.0600. The summed E-state index contributed by atoms with van der Waals surface area (Å²) in [5, 5.41) is 2.84. The van der Waals surface area contributed by atoms with Crippen molar-refractivity contribution >= 4 is 51.7 Å². The van der Waals surface area contributed by atoms with Crippen molar-refractivity contribution in [3.63, 3.8) is 0 Å². The Morgan fingerprint density at radius 1 is 0.935 bits per heavy atom. The van der Waals surface area contributed by atoms with Crippen molar-refractivity contribution < 1.29 is 33.0 Å². The molecule has 0 saturated carbocycles. The fraction of sp³-hybridized carbons (Fsp3) is 0.290. The Labute approximate surface area is 262 Å². The summed E-state index contributed by atoms with van der Waals surface area (Å²) < 4.78 is 26.3. The van der Waals surface area contributed by atoms with Gasteiger partial charge < -0.3 is 39.2 Å². The first-order valence-electron chi connectivity index (χ1n) is 14.6. The number of anilines is 2. The molecular weight excluding hydrogens is 596 g/mol. The molecule has 0 unspecified atom stereocenters. The van der Waals surface area contributed by atoms with Gasteiger partial charge in [-0.1, -0.05) is 19.1 Å². The van der Waals surface area contributed by atoms with Crippen LogP contribution in [0.2, 0.25) is 0 Å². The highest BCUT2D eigenvalue weighted by molar-refractivity contribution is 6.04. The largest absolute Gasteiger partial charge is 0.491 e. The highest BCUT2D eigenvalue weighted by Crippen LogP contribution is 2.33. The van der Waals surface area contributed by atoms with Gasteiger partial charge in [0, 0.05) is 32.0 Å². The zero-order valence-electron chi connectivity index (χ0n) is 25.5. The Morgan fingerprint density at radius 3 is 2.24 bits per heavy atom. The highest BCUT2D eigenvalue weighted by Gasteiger charge is 2.24. The van der Waals surface area contributed by atoms with E-state index in [-0.39, 0.29) is 48.5 Å². The van der Waals surface area contributed by atoms with Crippen LogP contribution in [0, 0.1) is 6.92 Å². The predicted molar refractivity (Wildman–Crippen MR) is 167 cm³/mol. The van der Waals surface area contributed by atoms with Crippen LogP contribution in [0.1, 0.15) is 56.2 Å². The van der Waals surface area contributed by atoms with Crippen molar-refractivity contribution in [2.75, 3.05) is 31.4 Å². The van der Waals surface area contributed by atoms with Gasteiger partial charge in [0.15, 0.2) is 5.89 Å². The minimum Gasteiger partial charge on any atom is -0.491 e. The van der Waals surface area contributed by atoms with E-state index in [9.17, 15) is 14.4 Å². The molecule has 238 valence electrons. The molecular formula is C31H32N8O7. The maximum Gasteiger partial charge on any atom is 0.338 e. The van der Waals surface area contributed by atoms with Crippen LogP contribution in [0.4, 0.5) is 11.9 Å². The number of rotatable bonds is 5. The van der Waals surface area contributed by atoms with Crippen LogP contribution in [0.5, 0.6) is 11.5 Å². The number of carbonyl (C=O) groups is 3. The monoisotopic (exact) mass is 628 g/mol. The number of nitrogens with two attached hydrogens (primary N) is 2. The topological polar surface area (TPSA) is 205 Å². The molecule has 6 rings (SSSR count). The standard InChI is InChI=1S/C31H32N8O7/c1-4-19-26(46-16(2)34-19)28(41)37-31-36-21-12-17(27(32)40)14-22-25(21)39(31)9-6-5-8-38-24-20(35-30(38)33)13-18(29(42)43-3)15-23(24)45-11-7-10-44-22/h5-6,12-15H,4,7-11H2,1-3H3,(H2,32,40)(H2,33,35)(H,36,37,41)/b6-5+. The number of aromatic nitrogens is 5. The number of aryl methyl sites for hydroxylation is 2. The summed E-state index contributed by atoms with van der Waals surface area (Å²) >= 11 is 0. The Hall–Kier alpha value is -5.86. The second-order valence-electron chi connectivity index (χ2n) is 10.5. The second kappa shape index (κ2) is 12.3. The number of nitrogens with zero attached hydrogens (tertiary/aromatic N) is 5. The van der Waals surface area contributed by atoms with Crippen molar-refractivity contribution in [1.82, 2.24) is 24.1 Å². The number of esters is 1. The van der Waals surface area contributed by atoms with Crippen LogP contribution < -0.4 is 26.3 Å². The number of nitrogen functional groups attached to an aromatic ring is 1. The van der Waals surface area contributed by atoms with Gasteiger partial charge in [0.2, 0.25) is 23.6 Å². The molecule has 0 fully saturated rings. The van der Waals surface area contributed by atoms with Crippen molar-refractivity contribution in [2.45, 2.75) is 39.8 Å². The van der Waals surface area contributed by atoms with Gasteiger partial charge in [-0.05, 0) is 30.7 Å². The Morgan fingerprint density at radius 2 is 1.57 bits per heavy atom. The molecule has 0 atom stereocenters. The quantitative estimate of drug-likeness (QED) is 0.190. The molecule has 5 aromatic rings. The summed E-state index contributed by atoms with van der Waals surface area (Å²) in [6.07, 6.45) is 4.67. The molecule has 0 aliphatic carbocycles. The summed E-state index contributed by atoms with van der Waals surface area (Å²) in [6, 6.07) is 6.30. The van der Waals surface area contributed by atoms with Gasteiger partial charge in [0.1, 0.15) is 22.5 Å². The zero-order valence-corrected chi connectivity index (χ0v) is 25.5. The van der Waals surface area contributed by atoms with E-state index in [1.54, 1.807) is 40.3 Å². The maximum absolute atomic E-state index is 13.4. The average Bonchev–Trinajstić information content (AvgIpc) is 3.69. The van der Waals surface area contributed by atoms with Gasteiger partial charge in [-0.3, -0.25) is 14.9 Å². The third-order valence-corrected chi connectivity index (χ3v) is 7.47. The molecule has 1 aliphatic rings. The number of ether oxygens (including phenoxy) is 3. The number of hydrogen-bond acceptors (Lipinski definition) is 11. The van der Waals surface area contributed by atoms with Crippen LogP contribution >= 0.6 is 0 Å². The van der Waals surface area contributed by atoms with Crippen molar-refractivity contribution in [3.8, 4) is 11.5 Å². The molecule has 2 amide bonds. The molecule has 0 radical (unpaired) electrons. The van der Waals surface area contributed by atoms with E-state index in [4.69, 9.17) is 30.1 Å². The van der Waals surface area contributed by atoms with Gasteiger partial charge in [-0.15, -0.1) is 0 Å². The van der Waals surface area contributed by atoms with Crippen LogP contribution in [0.15, 0.2) is 40.8 Å².